The monoisotopic (exact) mass is 404 g/mol. The molecule has 2 aromatic carbocycles. The molecule has 1 heterocycles. The van der Waals surface area contributed by atoms with Crippen LogP contribution in [0.15, 0.2) is 48.5 Å². The summed E-state index contributed by atoms with van der Waals surface area (Å²) in [5.74, 6) is 0.583. The zero-order valence-corrected chi connectivity index (χ0v) is 16.3. The van der Waals surface area contributed by atoms with Crippen LogP contribution in [0.1, 0.15) is 18.4 Å². The number of amides is 1. The fourth-order valence-electron chi connectivity index (χ4n) is 2.72. The summed E-state index contributed by atoms with van der Waals surface area (Å²) in [6, 6.07) is 14.5. The maximum absolute atomic E-state index is 12.1. The summed E-state index contributed by atoms with van der Waals surface area (Å²) in [5.41, 5.74) is 1.64. The predicted molar refractivity (Wildman–Crippen MR) is 110 cm³/mol. The van der Waals surface area contributed by atoms with Crippen LogP contribution in [0.25, 0.3) is 0 Å². The van der Waals surface area contributed by atoms with Crippen molar-refractivity contribution in [2.75, 3.05) is 18.5 Å². The fourth-order valence-corrected chi connectivity index (χ4v) is 3.08. The molecular formula is C20H21ClN2O3S. The van der Waals surface area contributed by atoms with Gasteiger partial charge in [-0.1, -0.05) is 23.7 Å². The molecule has 0 saturated carbocycles. The Morgan fingerprint density at radius 2 is 1.93 bits per heavy atom. The van der Waals surface area contributed by atoms with Gasteiger partial charge in [-0.05, 0) is 67.0 Å². The van der Waals surface area contributed by atoms with Crippen LogP contribution in [-0.2, 0) is 16.0 Å². The molecule has 0 bridgehead atoms. The van der Waals surface area contributed by atoms with Gasteiger partial charge >= 0.3 is 0 Å². The second-order valence-corrected chi connectivity index (χ2v) is 7.12. The molecule has 0 aromatic heterocycles. The van der Waals surface area contributed by atoms with E-state index in [4.69, 9.17) is 33.3 Å². The van der Waals surface area contributed by atoms with Crippen LogP contribution in [0.2, 0.25) is 5.02 Å². The highest BCUT2D eigenvalue weighted by Gasteiger charge is 2.15. The fraction of sp³-hybridized carbons (Fsp3) is 0.300. The van der Waals surface area contributed by atoms with Gasteiger partial charge in [-0.3, -0.25) is 4.79 Å². The van der Waals surface area contributed by atoms with Crippen LogP contribution in [-0.4, -0.2) is 30.3 Å². The normalized spacial score (nSPS) is 16.0. The highest BCUT2D eigenvalue weighted by atomic mass is 35.5. The number of halogens is 1. The van der Waals surface area contributed by atoms with Gasteiger partial charge in [-0.25, -0.2) is 0 Å². The number of anilines is 1. The zero-order valence-electron chi connectivity index (χ0n) is 14.7. The van der Waals surface area contributed by atoms with Crippen LogP contribution in [0.5, 0.6) is 5.75 Å². The van der Waals surface area contributed by atoms with E-state index in [0.29, 0.717) is 11.6 Å². The number of thiocarbonyl (C=S) groups is 1. The molecule has 3 rings (SSSR count). The Kier molecular flexibility index (Phi) is 7.04. The molecular weight excluding hydrogens is 384 g/mol. The summed E-state index contributed by atoms with van der Waals surface area (Å²) in [5, 5.41) is 6.55. The highest BCUT2D eigenvalue weighted by Crippen LogP contribution is 2.18. The lowest BCUT2D eigenvalue weighted by Gasteiger charge is -2.13. The molecule has 0 unspecified atom stereocenters. The topological polar surface area (TPSA) is 59.6 Å². The lowest BCUT2D eigenvalue weighted by molar-refractivity contribution is -0.119. The van der Waals surface area contributed by atoms with Crippen LogP contribution >= 0.6 is 23.8 Å². The summed E-state index contributed by atoms with van der Waals surface area (Å²) in [4.78, 5) is 12.1. The largest absolute Gasteiger partial charge is 0.491 e. The molecule has 2 aromatic rings. The van der Waals surface area contributed by atoms with E-state index in [9.17, 15) is 4.79 Å². The van der Waals surface area contributed by atoms with Gasteiger partial charge in [-0.2, -0.15) is 0 Å². The molecule has 1 atom stereocenters. The molecule has 0 spiro atoms. The van der Waals surface area contributed by atoms with E-state index < -0.39 is 0 Å². The molecule has 1 fully saturated rings. The van der Waals surface area contributed by atoms with Crippen molar-refractivity contribution in [3.8, 4) is 5.75 Å². The van der Waals surface area contributed by atoms with Gasteiger partial charge in [0.25, 0.3) is 0 Å². The Labute approximate surface area is 169 Å². The Bertz CT molecular complexity index is 775. The summed E-state index contributed by atoms with van der Waals surface area (Å²) >= 11 is 11.0. The van der Waals surface area contributed by atoms with Crippen molar-refractivity contribution in [1.29, 1.82) is 0 Å². The van der Waals surface area contributed by atoms with Gasteiger partial charge in [-0.15, -0.1) is 0 Å². The van der Waals surface area contributed by atoms with E-state index in [1.165, 1.54) is 0 Å². The van der Waals surface area contributed by atoms with Crippen LogP contribution in [0.4, 0.5) is 5.69 Å². The molecule has 1 amide bonds. The van der Waals surface area contributed by atoms with Crippen molar-refractivity contribution < 1.29 is 14.3 Å². The third-order valence-electron chi connectivity index (χ3n) is 4.10. The maximum atomic E-state index is 12.1. The molecule has 27 heavy (non-hydrogen) atoms. The lowest BCUT2D eigenvalue weighted by Crippen LogP contribution is -2.35. The molecule has 7 heteroatoms. The molecule has 1 aliphatic heterocycles. The number of carbonyl (C=O) groups excluding carboxylic acids is 1. The average Bonchev–Trinajstić information content (AvgIpc) is 3.16. The average molecular weight is 405 g/mol. The Balaban J connectivity index is 1.42. The van der Waals surface area contributed by atoms with Crippen molar-refractivity contribution in [3.63, 3.8) is 0 Å². The van der Waals surface area contributed by atoms with Crippen molar-refractivity contribution in [2.24, 2.45) is 0 Å². The van der Waals surface area contributed by atoms with Gasteiger partial charge in [0.05, 0.1) is 12.5 Å². The molecule has 142 valence electrons. The molecule has 0 aliphatic carbocycles. The van der Waals surface area contributed by atoms with E-state index in [1.807, 2.05) is 36.4 Å². The smallest absolute Gasteiger partial charge is 0.230 e. The van der Waals surface area contributed by atoms with Crippen LogP contribution in [0, 0.1) is 0 Å². The number of ether oxygens (including phenoxy) is 2. The number of hydrogen-bond donors (Lipinski definition) is 2. The quantitative estimate of drug-likeness (QED) is 0.714. The minimum atomic E-state index is -0.189. The minimum Gasteiger partial charge on any atom is -0.491 e. The summed E-state index contributed by atoms with van der Waals surface area (Å²) in [7, 11) is 0. The maximum Gasteiger partial charge on any atom is 0.230 e. The van der Waals surface area contributed by atoms with E-state index in [0.717, 1.165) is 36.4 Å². The van der Waals surface area contributed by atoms with E-state index in [-0.39, 0.29) is 23.5 Å². The number of nitrogens with one attached hydrogen (secondary N) is 2. The SMILES string of the molecule is O=C(Cc1ccc(Cl)cc1)NC(=S)Nc1ccc(OC[C@H]2CCCO2)cc1. The van der Waals surface area contributed by atoms with Gasteiger partial charge in [0.2, 0.25) is 5.91 Å². The van der Waals surface area contributed by atoms with Gasteiger partial charge in [0, 0.05) is 17.3 Å². The van der Waals surface area contributed by atoms with Crippen LogP contribution < -0.4 is 15.4 Å². The summed E-state index contributed by atoms with van der Waals surface area (Å²) in [6.07, 6.45) is 2.56. The van der Waals surface area contributed by atoms with Gasteiger partial charge < -0.3 is 20.1 Å². The number of carbonyl (C=O) groups is 1. The van der Waals surface area contributed by atoms with Gasteiger partial charge in [0.1, 0.15) is 12.4 Å². The first-order chi connectivity index (χ1) is 13.1. The van der Waals surface area contributed by atoms with E-state index in [2.05, 4.69) is 10.6 Å². The summed E-state index contributed by atoms with van der Waals surface area (Å²) < 4.78 is 11.3. The van der Waals surface area contributed by atoms with Crippen molar-refractivity contribution in [2.45, 2.75) is 25.4 Å². The molecule has 2 N–H and O–H groups in total. The van der Waals surface area contributed by atoms with E-state index in [1.54, 1.807) is 12.1 Å². The summed E-state index contributed by atoms with van der Waals surface area (Å²) in [6.45, 7) is 1.38. The first kappa shape index (κ1) is 19.6. The number of benzene rings is 2. The molecule has 1 saturated heterocycles. The van der Waals surface area contributed by atoms with Crippen LogP contribution in [0.3, 0.4) is 0 Å². The minimum absolute atomic E-state index is 0.186. The molecule has 0 radical (unpaired) electrons. The van der Waals surface area contributed by atoms with Crippen molar-refractivity contribution in [3.05, 3.63) is 59.1 Å². The Hall–Kier alpha value is -2.15. The van der Waals surface area contributed by atoms with E-state index >= 15 is 0 Å². The molecule has 1 aliphatic rings. The first-order valence-corrected chi connectivity index (χ1v) is 9.57. The predicted octanol–water partition coefficient (Wildman–Crippen LogP) is 3.95. The third-order valence-corrected chi connectivity index (χ3v) is 4.56. The highest BCUT2D eigenvalue weighted by molar-refractivity contribution is 7.80. The number of hydrogen-bond acceptors (Lipinski definition) is 4. The van der Waals surface area contributed by atoms with Crippen molar-refractivity contribution >= 4 is 40.5 Å². The second-order valence-electron chi connectivity index (χ2n) is 6.28. The van der Waals surface area contributed by atoms with Crippen molar-refractivity contribution in [1.82, 2.24) is 5.32 Å². The number of rotatable bonds is 6. The standard InChI is InChI=1S/C20H21ClN2O3S/c21-15-5-3-14(4-6-15)12-19(24)23-20(27)22-16-7-9-17(10-8-16)26-13-18-2-1-11-25-18/h3-10,18H,1-2,11-13H2,(H2,22,23,24,27)/t18-/m1/s1. The Morgan fingerprint density at radius 3 is 2.59 bits per heavy atom. The first-order valence-electron chi connectivity index (χ1n) is 8.78. The lowest BCUT2D eigenvalue weighted by atomic mass is 10.1. The van der Waals surface area contributed by atoms with Gasteiger partial charge in [0.15, 0.2) is 5.11 Å². The molecule has 5 nitrogen and oxygen atoms in total. The zero-order chi connectivity index (χ0) is 19.1. The third kappa shape index (κ3) is 6.50. The second kappa shape index (κ2) is 9.69. The Morgan fingerprint density at radius 1 is 1.19 bits per heavy atom.